The number of carbonyl (C=O) groups is 1. The highest BCUT2D eigenvalue weighted by Crippen LogP contribution is 1.92. The van der Waals surface area contributed by atoms with Gasteiger partial charge in [0.25, 0.3) is 0 Å². The van der Waals surface area contributed by atoms with Gasteiger partial charge < -0.3 is 5.32 Å². The van der Waals surface area contributed by atoms with Crippen LogP contribution in [-0.2, 0) is 14.6 Å². The molecule has 0 aromatic heterocycles. The lowest BCUT2D eigenvalue weighted by molar-refractivity contribution is -0.118. The van der Waals surface area contributed by atoms with Gasteiger partial charge in [0.05, 0.1) is 5.75 Å². The quantitative estimate of drug-likeness (QED) is 0.656. The van der Waals surface area contributed by atoms with E-state index in [0.29, 0.717) is 12.5 Å². The predicted octanol–water partition coefficient (Wildman–Crippen LogP) is 0.359. The number of rotatable bonds is 6. The zero-order chi connectivity index (χ0) is 11.2. The predicted molar refractivity (Wildman–Crippen MR) is 56.7 cm³/mol. The van der Waals surface area contributed by atoms with Crippen LogP contribution in [0.3, 0.4) is 0 Å². The van der Waals surface area contributed by atoms with Crippen LogP contribution in [0.15, 0.2) is 12.7 Å². The molecule has 4 nitrogen and oxygen atoms in total. The molecule has 0 rings (SSSR count). The molecule has 0 atom stereocenters. The number of hydrogen-bond donors (Lipinski definition) is 1. The Hall–Kier alpha value is -0.840. The van der Waals surface area contributed by atoms with Gasteiger partial charge >= 0.3 is 0 Å². The van der Waals surface area contributed by atoms with E-state index in [1.54, 1.807) is 0 Å². The van der Waals surface area contributed by atoms with Crippen molar-refractivity contribution in [3.63, 3.8) is 0 Å². The molecule has 0 aliphatic carbocycles. The fourth-order valence-corrected chi connectivity index (χ4v) is 1.79. The molecule has 14 heavy (non-hydrogen) atoms. The van der Waals surface area contributed by atoms with Gasteiger partial charge in [-0.2, -0.15) is 0 Å². The first-order valence-corrected chi connectivity index (χ1v) is 6.27. The maximum Gasteiger partial charge on any atom is 0.235 e. The molecule has 0 aromatic rings. The molecule has 0 bridgehead atoms. The molecule has 1 N–H and O–H groups in total. The average molecular weight is 219 g/mol. The molecule has 0 fully saturated rings. The van der Waals surface area contributed by atoms with Crippen molar-refractivity contribution >= 4 is 15.7 Å². The third-order valence-electron chi connectivity index (χ3n) is 1.43. The van der Waals surface area contributed by atoms with Gasteiger partial charge in [0, 0.05) is 6.54 Å². The van der Waals surface area contributed by atoms with E-state index in [9.17, 15) is 13.2 Å². The molecule has 1 amide bonds. The van der Waals surface area contributed by atoms with Crippen molar-refractivity contribution in [2.24, 2.45) is 5.92 Å². The van der Waals surface area contributed by atoms with Gasteiger partial charge in [0.1, 0.15) is 5.75 Å². The molecule has 0 saturated carbocycles. The third kappa shape index (κ3) is 6.65. The topological polar surface area (TPSA) is 63.2 Å². The van der Waals surface area contributed by atoms with Crippen LogP contribution in [0.25, 0.3) is 0 Å². The Morgan fingerprint density at radius 1 is 1.50 bits per heavy atom. The van der Waals surface area contributed by atoms with Crippen LogP contribution in [0, 0.1) is 5.92 Å². The van der Waals surface area contributed by atoms with Crippen LogP contribution < -0.4 is 5.32 Å². The second kappa shape index (κ2) is 5.80. The summed E-state index contributed by atoms with van der Waals surface area (Å²) in [6.45, 7) is 7.70. The fraction of sp³-hybridized carbons (Fsp3) is 0.667. The van der Waals surface area contributed by atoms with Gasteiger partial charge in [-0.05, 0) is 5.92 Å². The van der Waals surface area contributed by atoms with Crippen LogP contribution in [0.4, 0.5) is 0 Å². The van der Waals surface area contributed by atoms with E-state index in [1.807, 2.05) is 13.8 Å². The minimum atomic E-state index is -3.31. The first-order valence-electron chi connectivity index (χ1n) is 4.45. The van der Waals surface area contributed by atoms with Crippen molar-refractivity contribution in [3.8, 4) is 0 Å². The highest BCUT2D eigenvalue weighted by Gasteiger charge is 2.14. The van der Waals surface area contributed by atoms with E-state index in [1.165, 1.54) is 6.08 Å². The third-order valence-corrected chi connectivity index (χ3v) is 2.88. The van der Waals surface area contributed by atoms with E-state index in [0.717, 1.165) is 0 Å². The lowest BCUT2D eigenvalue weighted by Gasteiger charge is -2.07. The minimum Gasteiger partial charge on any atom is -0.355 e. The number of carbonyl (C=O) groups excluding carboxylic acids is 1. The van der Waals surface area contributed by atoms with Crippen molar-refractivity contribution in [2.75, 3.05) is 18.1 Å². The summed E-state index contributed by atoms with van der Waals surface area (Å²) < 4.78 is 22.3. The molecule has 5 heteroatoms. The molecule has 0 unspecified atom stereocenters. The van der Waals surface area contributed by atoms with Crippen LogP contribution in [0.1, 0.15) is 13.8 Å². The Bertz CT molecular complexity index is 293. The zero-order valence-corrected chi connectivity index (χ0v) is 9.43. The molecule has 82 valence electrons. The standard InChI is InChI=1S/C9H17NO3S/c1-4-5-14(12,13)7-9(11)10-6-8(2)3/h4,8H,1,5-7H2,2-3H3,(H,10,11). The van der Waals surface area contributed by atoms with Gasteiger partial charge in [-0.1, -0.05) is 19.9 Å². The second-order valence-electron chi connectivity index (χ2n) is 3.54. The normalized spacial score (nSPS) is 11.4. The Morgan fingerprint density at radius 3 is 2.50 bits per heavy atom. The molecular weight excluding hydrogens is 202 g/mol. The van der Waals surface area contributed by atoms with E-state index >= 15 is 0 Å². The molecule has 0 spiro atoms. The smallest absolute Gasteiger partial charge is 0.235 e. The highest BCUT2D eigenvalue weighted by atomic mass is 32.2. The molecular formula is C9H17NO3S. The number of sulfone groups is 1. The minimum absolute atomic E-state index is 0.151. The molecule has 0 aliphatic rings. The summed E-state index contributed by atoms with van der Waals surface area (Å²) in [7, 11) is -3.31. The number of nitrogens with one attached hydrogen (secondary N) is 1. The molecule has 0 radical (unpaired) electrons. The lowest BCUT2D eigenvalue weighted by Crippen LogP contribution is -2.33. The molecule has 0 saturated heterocycles. The Balaban J connectivity index is 4.00. The van der Waals surface area contributed by atoms with Gasteiger partial charge in [-0.15, -0.1) is 6.58 Å². The summed E-state index contributed by atoms with van der Waals surface area (Å²) in [5.41, 5.74) is 0. The molecule has 0 aromatic carbocycles. The first kappa shape index (κ1) is 13.2. The van der Waals surface area contributed by atoms with E-state index in [-0.39, 0.29) is 5.75 Å². The summed E-state index contributed by atoms with van der Waals surface area (Å²) in [5, 5.41) is 2.54. The van der Waals surface area contributed by atoms with E-state index in [2.05, 4.69) is 11.9 Å². The zero-order valence-electron chi connectivity index (χ0n) is 8.62. The number of hydrogen-bond acceptors (Lipinski definition) is 3. The van der Waals surface area contributed by atoms with E-state index < -0.39 is 21.5 Å². The summed E-state index contributed by atoms with van der Waals surface area (Å²) in [6.07, 6.45) is 1.28. The maximum absolute atomic E-state index is 11.2. The van der Waals surface area contributed by atoms with Crippen molar-refractivity contribution in [3.05, 3.63) is 12.7 Å². The average Bonchev–Trinajstić information content (AvgIpc) is 1.99. The summed E-state index contributed by atoms with van der Waals surface area (Å²) in [5.74, 6) is -0.727. The monoisotopic (exact) mass is 219 g/mol. The van der Waals surface area contributed by atoms with Gasteiger partial charge in [-0.25, -0.2) is 8.42 Å². The SMILES string of the molecule is C=CCS(=O)(=O)CC(=O)NCC(C)C. The van der Waals surface area contributed by atoms with Crippen molar-refractivity contribution in [1.82, 2.24) is 5.32 Å². The largest absolute Gasteiger partial charge is 0.355 e. The highest BCUT2D eigenvalue weighted by molar-refractivity contribution is 7.92. The Morgan fingerprint density at radius 2 is 2.07 bits per heavy atom. The fourth-order valence-electron chi connectivity index (χ4n) is 0.807. The molecule has 0 heterocycles. The van der Waals surface area contributed by atoms with Crippen LogP contribution in [-0.4, -0.2) is 32.4 Å². The van der Waals surface area contributed by atoms with Crippen LogP contribution in [0.2, 0.25) is 0 Å². The number of amides is 1. The lowest BCUT2D eigenvalue weighted by atomic mass is 10.2. The van der Waals surface area contributed by atoms with Gasteiger partial charge in [0.2, 0.25) is 5.91 Å². The Labute approximate surface area is 85.3 Å². The van der Waals surface area contributed by atoms with Crippen LogP contribution >= 0.6 is 0 Å². The Kier molecular flexibility index (Phi) is 5.45. The maximum atomic E-state index is 11.2. The molecule has 0 aliphatic heterocycles. The van der Waals surface area contributed by atoms with Crippen molar-refractivity contribution in [2.45, 2.75) is 13.8 Å². The second-order valence-corrected chi connectivity index (χ2v) is 5.65. The van der Waals surface area contributed by atoms with Crippen molar-refractivity contribution in [1.29, 1.82) is 0 Å². The van der Waals surface area contributed by atoms with Gasteiger partial charge in [-0.3, -0.25) is 4.79 Å². The van der Waals surface area contributed by atoms with E-state index in [4.69, 9.17) is 0 Å². The van der Waals surface area contributed by atoms with Crippen molar-refractivity contribution < 1.29 is 13.2 Å². The van der Waals surface area contributed by atoms with Crippen LogP contribution in [0.5, 0.6) is 0 Å². The van der Waals surface area contributed by atoms with Gasteiger partial charge in [0.15, 0.2) is 9.84 Å². The summed E-state index contributed by atoms with van der Waals surface area (Å²) in [4.78, 5) is 11.1. The summed E-state index contributed by atoms with van der Waals surface area (Å²) >= 11 is 0. The first-order chi connectivity index (χ1) is 6.37. The summed E-state index contributed by atoms with van der Waals surface area (Å²) in [6, 6.07) is 0.